The molecule has 0 fully saturated rings. The Morgan fingerprint density at radius 2 is 2.00 bits per heavy atom. The first-order chi connectivity index (χ1) is 5.29. The van der Waals surface area contributed by atoms with E-state index in [1.165, 1.54) is 0 Å². The van der Waals surface area contributed by atoms with E-state index in [1.54, 1.807) is 0 Å². The summed E-state index contributed by atoms with van der Waals surface area (Å²) in [5, 5.41) is 0. The van der Waals surface area contributed by atoms with Crippen molar-refractivity contribution in [3.05, 3.63) is 48.4 Å². The lowest BCUT2D eigenvalue weighted by molar-refractivity contribution is 0.197. The van der Waals surface area contributed by atoms with Gasteiger partial charge in [-0.3, -0.25) is 0 Å². The number of rotatable bonds is 3. The molecule has 2 N–H and O–H groups in total. The maximum absolute atomic E-state index is 5.22. The van der Waals surface area contributed by atoms with Crippen LogP contribution in [-0.2, 0) is 11.3 Å². The molecule has 0 amide bonds. The minimum atomic E-state index is 0.258. The van der Waals surface area contributed by atoms with Gasteiger partial charge in [-0.15, -0.1) is 0 Å². The van der Waals surface area contributed by atoms with Gasteiger partial charge in [0.1, 0.15) is 6.61 Å². The summed E-state index contributed by atoms with van der Waals surface area (Å²) >= 11 is 0. The predicted molar refractivity (Wildman–Crippen MR) is 44.6 cm³/mol. The summed E-state index contributed by atoms with van der Waals surface area (Å²) in [6.07, 6.45) is 0. The van der Waals surface area contributed by atoms with Gasteiger partial charge in [0.15, 0.2) is 5.88 Å². The molecule has 0 aliphatic heterocycles. The van der Waals surface area contributed by atoms with Crippen LogP contribution >= 0.6 is 0 Å². The highest BCUT2D eigenvalue weighted by molar-refractivity contribution is 5.13. The van der Waals surface area contributed by atoms with Crippen molar-refractivity contribution < 1.29 is 4.74 Å². The molecular formula is C9H11NO. The summed E-state index contributed by atoms with van der Waals surface area (Å²) in [7, 11) is 0. The lowest BCUT2D eigenvalue weighted by Gasteiger charge is -2.03. The van der Waals surface area contributed by atoms with Crippen LogP contribution < -0.4 is 5.73 Å². The van der Waals surface area contributed by atoms with Crippen LogP contribution in [0.3, 0.4) is 0 Å². The highest BCUT2D eigenvalue weighted by Gasteiger charge is 1.89. The van der Waals surface area contributed by atoms with Gasteiger partial charge >= 0.3 is 0 Å². The summed E-state index contributed by atoms with van der Waals surface area (Å²) in [6.45, 7) is 3.92. The van der Waals surface area contributed by atoms with E-state index >= 15 is 0 Å². The van der Waals surface area contributed by atoms with Crippen LogP contribution in [0.1, 0.15) is 5.56 Å². The summed E-state index contributed by atoms with van der Waals surface area (Å²) < 4.78 is 5.01. The van der Waals surface area contributed by atoms with Gasteiger partial charge in [-0.1, -0.05) is 30.3 Å². The average molecular weight is 149 g/mol. The van der Waals surface area contributed by atoms with E-state index in [9.17, 15) is 0 Å². The van der Waals surface area contributed by atoms with Gasteiger partial charge in [0, 0.05) is 0 Å². The van der Waals surface area contributed by atoms with Gasteiger partial charge in [0.05, 0.1) is 0 Å². The minimum Gasteiger partial charge on any atom is -0.475 e. The van der Waals surface area contributed by atoms with Crippen LogP contribution in [0.15, 0.2) is 42.8 Å². The molecule has 11 heavy (non-hydrogen) atoms. The summed E-state index contributed by atoms with van der Waals surface area (Å²) in [6, 6.07) is 9.82. The summed E-state index contributed by atoms with van der Waals surface area (Å²) in [4.78, 5) is 0. The fourth-order valence-corrected chi connectivity index (χ4v) is 0.750. The molecule has 1 aromatic carbocycles. The van der Waals surface area contributed by atoms with Crippen molar-refractivity contribution in [3.63, 3.8) is 0 Å². The van der Waals surface area contributed by atoms with Crippen LogP contribution in [0.5, 0.6) is 0 Å². The van der Waals surface area contributed by atoms with Crippen molar-refractivity contribution in [3.8, 4) is 0 Å². The van der Waals surface area contributed by atoms with Crippen molar-refractivity contribution in [2.75, 3.05) is 0 Å². The van der Waals surface area contributed by atoms with Crippen LogP contribution in [0.25, 0.3) is 0 Å². The molecule has 58 valence electrons. The van der Waals surface area contributed by atoms with Gasteiger partial charge in [-0.2, -0.15) is 0 Å². The van der Waals surface area contributed by atoms with Crippen LogP contribution in [-0.4, -0.2) is 0 Å². The smallest absolute Gasteiger partial charge is 0.176 e. The Bertz CT molecular complexity index is 231. The molecule has 0 heterocycles. The Morgan fingerprint density at radius 1 is 1.36 bits per heavy atom. The third-order valence-corrected chi connectivity index (χ3v) is 1.27. The average Bonchev–Trinajstić information content (AvgIpc) is 2.03. The Morgan fingerprint density at radius 3 is 2.55 bits per heavy atom. The van der Waals surface area contributed by atoms with E-state index in [0.717, 1.165) is 5.56 Å². The Kier molecular flexibility index (Phi) is 2.55. The Balaban J connectivity index is 2.45. The number of hydrogen-bond donors (Lipinski definition) is 1. The molecule has 0 atom stereocenters. The van der Waals surface area contributed by atoms with Crippen molar-refractivity contribution in [1.29, 1.82) is 0 Å². The second kappa shape index (κ2) is 3.66. The van der Waals surface area contributed by atoms with E-state index < -0.39 is 0 Å². The molecule has 0 spiro atoms. The maximum Gasteiger partial charge on any atom is 0.176 e. The molecular weight excluding hydrogens is 138 g/mol. The molecule has 0 unspecified atom stereocenters. The van der Waals surface area contributed by atoms with Gasteiger partial charge in [-0.25, -0.2) is 0 Å². The fraction of sp³-hybridized carbons (Fsp3) is 0.111. The molecule has 1 rings (SSSR count). The molecule has 0 aliphatic carbocycles. The monoisotopic (exact) mass is 149 g/mol. The highest BCUT2D eigenvalue weighted by Crippen LogP contribution is 2.01. The first-order valence-electron chi connectivity index (χ1n) is 3.40. The first kappa shape index (κ1) is 7.66. The molecule has 0 aliphatic rings. The van der Waals surface area contributed by atoms with E-state index in [-0.39, 0.29) is 5.88 Å². The van der Waals surface area contributed by atoms with E-state index in [0.29, 0.717) is 6.61 Å². The second-order valence-electron chi connectivity index (χ2n) is 2.24. The van der Waals surface area contributed by atoms with Gasteiger partial charge < -0.3 is 10.5 Å². The van der Waals surface area contributed by atoms with E-state index in [4.69, 9.17) is 10.5 Å². The highest BCUT2D eigenvalue weighted by atomic mass is 16.5. The van der Waals surface area contributed by atoms with Crippen molar-refractivity contribution in [2.45, 2.75) is 6.61 Å². The molecule has 0 radical (unpaired) electrons. The van der Waals surface area contributed by atoms with Crippen LogP contribution in [0.2, 0.25) is 0 Å². The van der Waals surface area contributed by atoms with Gasteiger partial charge in [-0.05, 0) is 12.1 Å². The molecule has 2 heteroatoms. The molecule has 0 saturated heterocycles. The standard InChI is InChI=1S/C9H11NO/c1-8(10)11-7-9-5-3-2-4-6-9/h2-6H,1,7,10H2. The van der Waals surface area contributed by atoms with Crippen molar-refractivity contribution in [1.82, 2.24) is 0 Å². The maximum atomic E-state index is 5.22. The summed E-state index contributed by atoms with van der Waals surface area (Å²) in [5.74, 6) is 0.258. The van der Waals surface area contributed by atoms with Gasteiger partial charge in [0.2, 0.25) is 0 Å². The third-order valence-electron chi connectivity index (χ3n) is 1.27. The molecule has 0 saturated carbocycles. The molecule has 1 aromatic rings. The minimum absolute atomic E-state index is 0.258. The Labute approximate surface area is 66.3 Å². The number of ether oxygens (including phenoxy) is 1. The summed E-state index contributed by atoms with van der Waals surface area (Å²) in [5.41, 5.74) is 6.32. The number of hydrogen-bond acceptors (Lipinski definition) is 2. The second-order valence-corrected chi connectivity index (χ2v) is 2.24. The Hall–Kier alpha value is -1.44. The zero-order valence-corrected chi connectivity index (χ0v) is 6.29. The SMILES string of the molecule is C=C(N)OCc1ccccc1. The molecule has 0 bridgehead atoms. The van der Waals surface area contributed by atoms with Crippen LogP contribution in [0, 0.1) is 0 Å². The number of benzene rings is 1. The normalized spacial score (nSPS) is 9.09. The number of nitrogens with two attached hydrogens (primary N) is 1. The largest absolute Gasteiger partial charge is 0.475 e. The van der Waals surface area contributed by atoms with Crippen molar-refractivity contribution >= 4 is 0 Å². The predicted octanol–water partition coefficient (Wildman–Crippen LogP) is 1.63. The lowest BCUT2D eigenvalue weighted by atomic mass is 10.2. The van der Waals surface area contributed by atoms with E-state index in [1.807, 2.05) is 30.3 Å². The lowest BCUT2D eigenvalue weighted by Crippen LogP contribution is -2.00. The van der Waals surface area contributed by atoms with Crippen molar-refractivity contribution in [2.24, 2.45) is 5.73 Å². The first-order valence-corrected chi connectivity index (χ1v) is 3.40. The quantitative estimate of drug-likeness (QED) is 0.663. The topological polar surface area (TPSA) is 35.2 Å². The van der Waals surface area contributed by atoms with Gasteiger partial charge in [0.25, 0.3) is 0 Å². The van der Waals surface area contributed by atoms with E-state index in [2.05, 4.69) is 6.58 Å². The molecule has 2 nitrogen and oxygen atoms in total. The molecule has 0 aromatic heterocycles. The third kappa shape index (κ3) is 2.76. The zero-order chi connectivity index (χ0) is 8.10. The fourth-order valence-electron chi connectivity index (χ4n) is 0.750. The van der Waals surface area contributed by atoms with Crippen LogP contribution in [0.4, 0.5) is 0 Å². The zero-order valence-electron chi connectivity index (χ0n) is 6.29.